The first-order valence-corrected chi connectivity index (χ1v) is 3.88. The third-order valence-corrected chi connectivity index (χ3v) is 1.58. The molecule has 0 saturated carbocycles. The van der Waals surface area contributed by atoms with Crippen molar-refractivity contribution in [1.29, 1.82) is 0 Å². The van der Waals surface area contributed by atoms with Gasteiger partial charge in [0.05, 0.1) is 6.54 Å². The molecule has 11 heavy (non-hydrogen) atoms. The molecule has 0 aliphatic carbocycles. The first kappa shape index (κ1) is 10.5. The lowest BCUT2D eigenvalue weighted by Crippen LogP contribution is -3.00. The fourth-order valence-electron chi connectivity index (χ4n) is 0.962. The number of allylic oxidation sites excluding steroid dienone is 2. The Morgan fingerprint density at radius 1 is 1.55 bits per heavy atom. The van der Waals surface area contributed by atoms with Gasteiger partial charge in [-0.3, -0.25) is 0 Å². The van der Waals surface area contributed by atoms with Gasteiger partial charge in [0, 0.05) is 0 Å². The summed E-state index contributed by atoms with van der Waals surface area (Å²) in [6.45, 7) is 5.39. The average molecular weight is 172 g/mol. The van der Waals surface area contributed by atoms with Crippen molar-refractivity contribution in [2.75, 3.05) is 6.54 Å². The Morgan fingerprint density at radius 3 is 2.73 bits per heavy atom. The number of rotatable bonds is 3. The van der Waals surface area contributed by atoms with Crippen LogP contribution in [0, 0.1) is 6.20 Å². The van der Waals surface area contributed by atoms with E-state index < -0.39 is 0 Å². The van der Waals surface area contributed by atoms with E-state index in [1.807, 2.05) is 0 Å². The zero-order valence-electron chi connectivity index (χ0n) is 7.10. The first-order valence-electron chi connectivity index (χ1n) is 3.88. The van der Waals surface area contributed by atoms with Gasteiger partial charge in [-0.1, -0.05) is 13.3 Å². The summed E-state index contributed by atoms with van der Waals surface area (Å²) in [4.78, 5) is 2.12. The van der Waals surface area contributed by atoms with Crippen molar-refractivity contribution in [1.82, 2.24) is 4.90 Å². The van der Waals surface area contributed by atoms with Gasteiger partial charge < -0.3 is 12.4 Å². The molecule has 0 aromatic heterocycles. The van der Waals surface area contributed by atoms with Crippen LogP contribution in [0.3, 0.4) is 0 Å². The van der Waals surface area contributed by atoms with E-state index in [4.69, 9.17) is 0 Å². The summed E-state index contributed by atoms with van der Waals surface area (Å²) < 4.78 is 0. The summed E-state index contributed by atoms with van der Waals surface area (Å²) in [7, 11) is 0. The number of hydrogen-bond acceptors (Lipinski definition) is 1. The molecule has 0 spiro atoms. The van der Waals surface area contributed by atoms with E-state index in [2.05, 4.69) is 37.2 Å². The largest absolute Gasteiger partial charge is 1.00 e. The highest BCUT2D eigenvalue weighted by Gasteiger charge is 2.11. The molecule has 0 saturated heterocycles. The van der Waals surface area contributed by atoms with Crippen molar-refractivity contribution in [3.8, 4) is 0 Å². The molecule has 0 aromatic carbocycles. The molecule has 0 amide bonds. The number of hydrogen-bond donors (Lipinski definition) is 0. The smallest absolute Gasteiger partial charge is 0.156 e. The Morgan fingerprint density at radius 2 is 2.27 bits per heavy atom. The van der Waals surface area contributed by atoms with E-state index in [1.54, 1.807) is 0 Å². The Kier molecular flexibility index (Phi) is 4.93. The minimum Gasteiger partial charge on any atom is -1.00 e. The van der Waals surface area contributed by atoms with Crippen LogP contribution in [-0.2, 0) is 0 Å². The van der Waals surface area contributed by atoms with Crippen LogP contribution >= 0.6 is 0 Å². The highest BCUT2D eigenvalue weighted by molar-refractivity contribution is 5.18. The minimum absolute atomic E-state index is 0. The van der Waals surface area contributed by atoms with E-state index in [0.29, 0.717) is 0 Å². The normalized spacial score (nSPS) is 14.0. The van der Waals surface area contributed by atoms with Crippen LogP contribution < -0.4 is 12.4 Å². The number of halogens is 1. The van der Waals surface area contributed by atoms with Crippen molar-refractivity contribution in [2.24, 2.45) is 0 Å². The summed E-state index contributed by atoms with van der Waals surface area (Å²) in [5.74, 6) is 0. The van der Waals surface area contributed by atoms with Gasteiger partial charge in [-0.05, 0) is 13.3 Å². The molecule has 2 heteroatoms. The standard InChI is InChI=1S/C9H14N.ClH/c1-3-4-6-10-7-5-9(2)8-10;/h5,7H,3-4,6H2,1-2H3;1H/q+1;/p-1. The molecule has 0 unspecified atom stereocenters. The molecule has 0 N–H and O–H groups in total. The fraction of sp³-hybridized carbons (Fsp3) is 0.556. The van der Waals surface area contributed by atoms with Gasteiger partial charge in [-0.15, -0.1) is 0 Å². The van der Waals surface area contributed by atoms with Gasteiger partial charge in [0.15, 0.2) is 6.20 Å². The molecule has 0 fully saturated rings. The van der Waals surface area contributed by atoms with Crippen molar-refractivity contribution in [3.05, 3.63) is 24.0 Å². The molecule has 0 radical (unpaired) electrons. The molecule has 1 aliphatic heterocycles. The molecule has 0 bridgehead atoms. The van der Waals surface area contributed by atoms with Gasteiger partial charge in [0.2, 0.25) is 0 Å². The predicted molar refractivity (Wildman–Crippen MR) is 43.2 cm³/mol. The van der Waals surface area contributed by atoms with E-state index in [-0.39, 0.29) is 12.4 Å². The van der Waals surface area contributed by atoms with Gasteiger partial charge in [0.1, 0.15) is 17.8 Å². The summed E-state index contributed by atoms with van der Waals surface area (Å²) in [5.41, 5.74) is 1.23. The molecular formula is C9H14ClN. The van der Waals surface area contributed by atoms with Crippen molar-refractivity contribution in [2.45, 2.75) is 26.7 Å². The van der Waals surface area contributed by atoms with Crippen LogP contribution in [0.15, 0.2) is 17.8 Å². The van der Waals surface area contributed by atoms with Crippen LogP contribution in [0.1, 0.15) is 26.7 Å². The summed E-state index contributed by atoms with van der Waals surface area (Å²) in [5, 5.41) is 0. The first-order chi connectivity index (χ1) is 4.83. The molecule has 1 aliphatic rings. The maximum atomic E-state index is 3.23. The Balaban J connectivity index is 0.000001000. The quantitative estimate of drug-likeness (QED) is 0.509. The maximum absolute atomic E-state index is 3.23. The van der Waals surface area contributed by atoms with E-state index >= 15 is 0 Å². The Labute approximate surface area is 75.2 Å². The summed E-state index contributed by atoms with van der Waals surface area (Å²) in [6, 6.07) is 0. The van der Waals surface area contributed by atoms with E-state index in [0.717, 1.165) is 6.54 Å². The van der Waals surface area contributed by atoms with Crippen LogP contribution in [0.25, 0.3) is 0 Å². The molecule has 0 atom stereocenters. The summed E-state index contributed by atoms with van der Waals surface area (Å²) in [6.07, 6.45) is 9.92. The third kappa shape index (κ3) is 3.41. The van der Waals surface area contributed by atoms with Crippen molar-refractivity contribution >= 4 is 0 Å². The van der Waals surface area contributed by atoms with Crippen LogP contribution in [0.5, 0.6) is 0 Å². The van der Waals surface area contributed by atoms with Crippen LogP contribution in [0.4, 0.5) is 0 Å². The monoisotopic (exact) mass is 171 g/mol. The van der Waals surface area contributed by atoms with Gasteiger partial charge in [-0.2, -0.15) is 4.90 Å². The molecule has 0 aromatic rings. The number of unbranched alkanes of at least 4 members (excludes halogenated alkanes) is 1. The second kappa shape index (κ2) is 5.17. The van der Waals surface area contributed by atoms with Crippen molar-refractivity contribution < 1.29 is 12.4 Å². The molecule has 1 nitrogen and oxygen atoms in total. The second-order valence-electron chi connectivity index (χ2n) is 2.66. The summed E-state index contributed by atoms with van der Waals surface area (Å²) >= 11 is 0. The number of nitrogens with zero attached hydrogens (tertiary/aromatic N) is 1. The lowest BCUT2D eigenvalue weighted by molar-refractivity contribution is -0.00000223. The third-order valence-electron chi connectivity index (χ3n) is 1.58. The topological polar surface area (TPSA) is 3.24 Å². The predicted octanol–water partition coefficient (Wildman–Crippen LogP) is -0.673. The zero-order chi connectivity index (χ0) is 7.40. The molecule has 1 heterocycles. The highest BCUT2D eigenvalue weighted by atomic mass is 35.5. The lowest BCUT2D eigenvalue weighted by atomic mass is 10.3. The molecular weight excluding hydrogens is 158 g/mol. The second-order valence-corrected chi connectivity index (χ2v) is 2.66. The zero-order valence-corrected chi connectivity index (χ0v) is 7.86. The Hall–Kier alpha value is -0.520. The van der Waals surface area contributed by atoms with Gasteiger partial charge >= 0.3 is 0 Å². The van der Waals surface area contributed by atoms with E-state index in [1.165, 1.54) is 18.4 Å². The SMILES string of the molecule is CCCCN1[C+]=C(C)C=C1.[Cl-]. The van der Waals surface area contributed by atoms with Crippen LogP contribution in [-0.4, -0.2) is 11.4 Å². The van der Waals surface area contributed by atoms with Gasteiger partial charge in [0.25, 0.3) is 0 Å². The maximum Gasteiger partial charge on any atom is 0.156 e. The van der Waals surface area contributed by atoms with Crippen molar-refractivity contribution in [3.63, 3.8) is 0 Å². The van der Waals surface area contributed by atoms with Gasteiger partial charge in [-0.25, -0.2) is 0 Å². The average Bonchev–Trinajstić information content (AvgIpc) is 2.31. The van der Waals surface area contributed by atoms with Crippen LogP contribution in [0.2, 0.25) is 0 Å². The van der Waals surface area contributed by atoms with E-state index in [9.17, 15) is 0 Å². The fourth-order valence-corrected chi connectivity index (χ4v) is 0.962. The minimum atomic E-state index is 0. The molecule has 62 valence electrons. The highest BCUT2D eigenvalue weighted by Crippen LogP contribution is 2.08. The molecule has 1 rings (SSSR count). The lowest BCUT2D eigenvalue weighted by Gasteiger charge is -2.00. The Bertz CT molecular complexity index is 161.